The standard InChI is InChI=1S/2C9H20N2/c2*1-8(2,3)7-10-11-9(4,5)6/h2*7,11H,1-6H3/b2*10-7+. The van der Waals surface area contributed by atoms with E-state index in [0.29, 0.717) is 0 Å². The van der Waals surface area contributed by atoms with Gasteiger partial charge in [-0.3, -0.25) is 0 Å². The van der Waals surface area contributed by atoms with Gasteiger partial charge in [0, 0.05) is 23.5 Å². The third kappa shape index (κ3) is 27.3. The molecule has 0 spiro atoms. The molecule has 4 heteroatoms. The van der Waals surface area contributed by atoms with Crippen LogP contribution in [0.15, 0.2) is 10.2 Å². The molecule has 0 aliphatic heterocycles. The molecular weight excluding hydrogens is 272 g/mol. The van der Waals surface area contributed by atoms with Crippen molar-refractivity contribution in [1.82, 2.24) is 10.9 Å². The van der Waals surface area contributed by atoms with Crippen molar-refractivity contribution >= 4 is 12.4 Å². The Kier molecular flexibility index (Phi) is 9.01. The summed E-state index contributed by atoms with van der Waals surface area (Å²) in [5, 5.41) is 8.28. The maximum absolute atomic E-state index is 4.14. The maximum atomic E-state index is 4.14. The molecule has 0 aliphatic rings. The van der Waals surface area contributed by atoms with E-state index in [0.717, 1.165) is 0 Å². The van der Waals surface area contributed by atoms with Gasteiger partial charge in [0.25, 0.3) is 0 Å². The molecule has 0 heterocycles. The summed E-state index contributed by atoms with van der Waals surface area (Å²) in [6, 6.07) is 0. The molecule has 22 heavy (non-hydrogen) atoms. The van der Waals surface area contributed by atoms with E-state index >= 15 is 0 Å². The zero-order valence-electron chi connectivity index (χ0n) is 17.0. The van der Waals surface area contributed by atoms with Gasteiger partial charge in [-0.05, 0) is 52.4 Å². The molecule has 0 atom stereocenters. The smallest absolute Gasteiger partial charge is 0.0464 e. The Labute approximate surface area is 139 Å². The van der Waals surface area contributed by atoms with Crippen molar-refractivity contribution < 1.29 is 0 Å². The van der Waals surface area contributed by atoms with Gasteiger partial charge in [0.1, 0.15) is 0 Å². The normalized spacial score (nSPS) is 14.0. The summed E-state index contributed by atoms with van der Waals surface area (Å²) in [5.41, 5.74) is 6.57. The van der Waals surface area contributed by atoms with Crippen molar-refractivity contribution in [3.8, 4) is 0 Å². The largest absolute Gasteiger partial charge is 0.305 e. The first-order valence-electron chi connectivity index (χ1n) is 8.04. The summed E-state index contributed by atoms with van der Waals surface area (Å²) in [5.74, 6) is 0. The van der Waals surface area contributed by atoms with E-state index in [9.17, 15) is 0 Å². The lowest BCUT2D eigenvalue weighted by molar-refractivity contribution is 0.437. The summed E-state index contributed by atoms with van der Waals surface area (Å²) in [7, 11) is 0. The molecule has 0 aromatic heterocycles. The van der Waals surface area contributed by atoms with Crippen molar-refractivity contribution in [3.05, 3.63) is 0 Å². The van der Waals surface area contributed by atoms with E-state index in [4.69, 9.17) is 0 Å². The highest BCUT2D eigenvalue weighted by Crippen LogP contribution is 2.09. The molecule has 0 saturated carbocycles. The highest BCUT2D eigenvalue weighted by atomic mass is 15.3. The molecule has 0 amide bonds. The molecular formula is C18H40N4. The van der Waals surface area contributed by atoms with Gasteiger partial charge in [0.15, 0.2) is 0 Å². The number of hydrogen-bond acceptors (Lipinski definition) is 4. The Morgan fingerprint density at radius 3 is 0.864 bits per heavy atom. The lowest BCUT2D eigenvalue weighted by Gasteiger charge is -2.19. The van der Waals surface area contributed by atoms with Crippen LogP contribution < -0.4 is 10.9 Å². The Morgan fingerprint density at radius 2 is 0.727 bits per heavy atom. The second-order valence-electron chi connectivity index (χ2n) is 9.97. The number of rotatable bonds is 2. The molecule has 0 aromatic carbocycles. The first-order valence-corrected chi connectivity index (χ1v) is 8.04. The van der Waals surface area contributed by atoms with Crippen molar-refractivity contribution in [2.75, 3.05) is 0 Å². The molecule has 0 saturated heterocycles. The van der Waals surface area contributed by atoms with Gasteiger partial charge in [-0.1, -0.05) is 41.5 Å². The summed E-state index contributed by atoms with van der Waals surface area (Å²) in [6.45, 7) is 25.3. The zero-order valence-corrected chi connectivity index (χ0v) is 17.0. The van der Waals surface area contributed by atoms with Crippen LogP contribution in [0.2, 0.25) is 0 Å². The van der Waals surface area contributed by atoms with E-state index in [1.54, 1.807) is 0 Å². The molecule has 0 aliphatic carbocycles. The van der Waals surface area contributed by atoms with E-state index in [1.807, 2.05) is 12.4 Å². The predicted molar refractivity (Wildman–Crippen MR) is 102 cm³/mol. The number of nitrogens with zero attached hydrogens (tertiary/aromatic N) is 2. The molecule has 0 rings (SSSR count). The van der Waals surface area contributed by atoms with Gasteiger partial charge in [-0.15, -0.1) is 0 Å². The van der Waals surface area contributed by atoms with Crippen molar-refractivity contribution in [3.63, 3.8) is 0 Å². The van der Waals surface area contributed by atoms with Crippen LogP contribution in [-0.4, -0.2) is 23.5 Å². The summed E-state index contributed by atoms with van der Waals surface area (Å²) in [4.78, 5) is 0. The minimum Gasteiger partial charge on any atom is -0.305 e. The van der Waals surface area contributed by atoms with E-state index in [1.165, 1.54) is 0 Å². The fraction of sp³-hybridized carbons (Fsp3) is 0.889. The number of hydrogen-bond donors (Lipinski definition) is 2. The van der Waals surface area contributed by atoms with E-state index in [-0.39, 0.29) is 21.9 Å². The summed E-state index contributed by atoms with van der Waals surface area (Å²) in [6.07, 6.45) is 3.86. The fourth-order valence-electron chi connectivity index (χ4n) is 0.839. The monoisotopic (exact) mass is 312 g/mol. The first kappa shape index (κ1) is 23.2. The minimum atomic E-state index is 0.0712. The van der Waals surface area contributed by atoms with Gasteiger partial charge in [0.2, 0.25) is 0 Å². The fourth-order valence-corrected chi connectivity index (χ4v) is 0.839. The average Bonchev–Trinajstić information content (AvgIpc) is 2.08. The molecule has 132 valence electrons. The molecule has 0 unspecified atom stereocenters. The lowest BCUT2D eigenvalue weighted by atomic mass is 9.99. The van der Waals surface area contributed by atoms with Crippen molar-refractivity contribution in [1.29, 1.82) is 0 Å². The first-order chi connectivity index (χ1) is 9.41. The van der Waals surface area contributed by atoms with E-state index < -0.39 is 0 Å². The van der Waals surface area contributed by atoms with Crippen LogP contribution in [-0.2, 0) is 0 Å². The predicted octanol–water partition coefficient (Wildman–Crippen LogP) is 4.81. The Hall–Kier alpha value is -1.06. The van der Waals surface area contributed by atoms with E-state index in [2.05, 4.69) is 104 Å². The van der Waals surface area contributed by atoms with Crippen LogP contribution in [0.1, 0.15) is 83.1 Å². The molecule has 0 radical (unpaired) electrons. The quantitative estimate of drug-likeness (QED) is 0.567. The zero-order chi connectivity index (χ0) is 18.2. The van der Waals surface area contributed by atoms with Crippen molar-refractivity contribution in [2.24, 2.45) is 21.0 Å². The Morgan fingerprint density at radius 1 is 0.500 bits per heavy atom. The van der Waals surface area contributed by atoms with Crippen LogP contribution >= 0.6 is 0 Å². The molecule has 0 fully saturated rings. The Bertz CT molecular complexity index is 305. The van der Waals surface area contributed by atoms with Crippen LogP contribution in [0.25, 0.3) is 0 Å². The summed E-state index contributed by atoms with van der Waals surface area (Å²) >= 11 is 0. The summed E-state index contributed by atoms with van der Waals surface area (Å²) < 4.78 is 0. The lowest BCUT2D eigenvalue weighted by Crippen LogP contribution is -2.32. The average molecular weight is 313 g/mol. The van der Waals surface area contributed by atoms with Gasteiger partial charge >= 0.3 is 0 Å². The topological polar surface area (TPSA) is 48.8 Å². The highest BCUT2D eigenvalue weighted by Gasteiger charge is 2.09. The molecule has 2 N–H and O–H groups in total. The van der Waals surface area contributed by atoms with Crippen molar-refractivity contribution in [2.45, 2.75) is 94.2 Å². The third-order valence-electron chi connectivity index (χ3n) is 1.70. The van der Waals surface area contributed by atoms with Crippen LogP contribution in [0.4, 0.5) is 0 Å². The van der Waals surface area contributed by atoms with Gasteiger partial charge in [0.05, 0.1) is 0 Å². The van der Waals surface area contributed by atoms with Gasteiger partial charge < -0.3 is 10.9 Å². The number of hydrazone groups is 2. The SMILES string of the molecule is CC(C)(C)/C=N/NC(C)(C)C.CC(C)(C)/C=N/NC(C)(C)C. The molecule has 0 aromatic rings. The Balaban J connectivity index is 0. The van der Waals surface area contributed by atoms with Crippen LogP contribution in [0, 0.1) is 10.8 Å². The van der Waals surface area contributed by atoms with Gasteiger partial charge in [-0.2, -0.15) is 10.2 Å². The highest BCUT2D eigenvalue weighted by molar-refractivity contribution is 5.63. The van der Waals surface area contributed by atoms with Crippen LogP contribution in [0.3, 0.4) is 0 Å². The van der Waals surface area contributed by atoms with Gasteiger partial charge in [-0.25, -0.2) is 0 Å². The van der Waals surface area contributed by atoms with Crippen LogP contribution in [0.5, 0.6) is 0 Å². The maximum Gasteiger partial charge on any atom is 0.0464 e. The molecule has 4 nitrogen and oxygen atoms in total. The third-order valence-corrected chi connectivity index (χ3v) is 1.70. The number of nitrogens with one attached hydrogen (secondary N) is 2. The second-order valence-corrected chi connectivity index (χ2v) is 9.97. The molecule has 0 bridgehead atoms. The minimum absolute atomic E-state index is 0.0712. The second kappa shape index (κ2) is 8.54.